The van der Waals surface area contributed by atoms with Gasteiger partial charge in [-0.25, -0.2) is 14.4 Å². The van der Waals surface area contributed by atoms with Crippen LogP contribution in [0.15, 0.2) is 0 Å². The maximum absolute atomic E-state index is 13.8. The third kappa shape index (κ3) is 3.16. The van der Waals surface area contributed by atoms with Gasteiger partial charge in [0.2, 0.25) is 0 Å². The molecule has 4 unspecified atom stereocenters. The Balaban J connectivity index is 1.90. The van der Waals surface area contributed by atoms with Crippen LogP contribution in [-0.4, -0.2) is 34.4 Å². The first-order valence-electron chi connectivity index (χ1n) is 5.70. The van der Waals surface area contributed by atoms with Crippen LogP contribution in [-0.2, 0) is 28.4 Å². The lowest BCUT2D eigenvalue weighted by molar-refractivity contribution is -0.432. The van der Waals surface area contributed by atoms with E-state index in [9.17, 15) is 14.0 Å². The van der Waals surface area contributed by atoms with E-state index < -0.39 is 23.2 Å². The largest absolute Gasteiger partial charge is 0.458 e. The zero-order valence-electron chi connectivity index (χ0n) is 10.0. The molecule has 2 fully saturated rings. The fraction of sp³-hybridized carbons (Fsp3) is 0.800. The Hall–Kier alpha value is -0.900. The lowest BCUT2D eigenvalue weighted by Gasteiger charge is -2.27. The standard InChI is InChI=1S/C10H13FO7S/c1-10(11,19-18-17-14)9(13)16-6-3-2-5-4-7(6)15-8(5)12/h5-7,14H,2-4H2,1H3. The van der Waals surface area contributed by atoms with Gasteiger partial charge in [-0.2, -0.15) is 0 Å². The topological polar surface area (TPSA) is 91.3 Å². The van der Waals surface area contributed by atoms with E-state index in [2.05, 4.69) is 9.37 Å². The summed E-state index contributed by atoms with van der Waals surface area (Å²) in [5.41, 5.74) is 0. The molecular formula is C10H13FO7S. The van der Waals surface area contributed by atoms with E-state index in [0.29, 0.717) is 19.3 Å². The number of hydrogen-bond donors (Lipinski definition) is 1. The summed E-state index contributed by atoms with van der Waals surface area (Å²) in [7, 11) is 0. The minimum absolute atomic E-state index is 0.0260. The number of carbonyl (C=O) groups excluding carboxylic acids is 2. The number of ether oxygens (including phenoxy) is 2. The Morgan fingerprint density at radius 2 is 2.32 bits per heavy atom. The van der Waals surface area contributed by atoms with Gasteiger partial charge >= 0.3 is 11.9 Å². The molecule has 1 aliphatic carbocycles. The lowest BCUT2D eigenvalue weighted by Crippen LogP contribution is -2.39. The maximum Gasteiger partial charge on any atom is 0.357 e. The highest BCUT2D eigenvalue weighted by atomic mass is 32.2. The minimum atomic E-state index is -2.54. The van der Waals surface area contributed by atoms with Crippen LogP contribution in [0.3, 0.4) is 0 Å². The van der Waals surface area contributed by atoms with Crippen molar-refractivity contribution in [3.63, 3.8) is 0 Å². The highest BCUT2D eigenvalue weighted by Crippen LogP contribution is 2.37. The van der Waals surface area contributed by atoms with Crippen molar-refractivity contribution in [2.75, 3.05) is 0 Å². The second kappa shape index (κ2) is 5.61. The third-order valence-electron chi connectivity index (χ3n) is 3.18. The van der Waals surface area contributed by atoms with Crippen molar-refractivity contribution >= 4 is 24.0 Å². The van der Waals surface area contributed by atoms with Crippen molar-refractivity contribution in [3.8, 4) is 0 Å². The van der Waals surface area contributed by atoms with Crippen LogP contribution in [0.5, 0.6) is 0 Å². The van der Waals surface area contributed by atoms with Crippen molar-refractivity contribution in [3.05, 3.63) is 0 Å². The smallest absolute Gasteiger partial charge is 0.357 e. The molecule has 4 atom stereocenters. The van der Waals surface area contributed by atoms with Gasteiger partial charge in [-0.3, -0.25) is 4.79 Å². The molecule has 1 N–H and O–H groups in total. The molecule has 0 spiro atoms. The SMILES string of the molecule is CC(F)(SOOO)C(=O)OC1CCC2CC1OC2=O. The second-order valence-corrected chi connectivity index (χ2v) is 5.64. The van der Waals surface area contributed by atoms with Crippen LogP contribution < -0.4 is 0 Å². The summed E-state index contributed by atoms with van der Waals surface area (Å²) in [5, 5.41) is 8.62. The molecule has 2 aliphatic rings. The number of carbonyl (C=O) groups is 2. The zero-order valence-corrected chi connectivity index (χ0v) is 10.9. The summed E-state index contributed by atoms with van der Waals surface area (Å²) in [5.74, 6) is -1.61. The van der Waals surface area contributed by atoms with Gasteiger partial charge in [0.25, 0.3) is 5.00 Å². The molecule has 0 aromatic rings. The first-order valence-corrected chi connectivity index (χ1v) is 6.44. The summed E-state index contributed by atoms with van der Waals surface area (Å²) in [6.07, 6.45) is 0.334. The average Bonchev–Trinajstić information content (AvgIpc) is 2.67. The molecule has 0 aromatic carbocycles. The quantitative estimate of drug-likeness (QED) is 0.352. The molecule has 1 saturated heterocycles. The highest BCUT2D eigenvalue weighted by molar-refractivity contribution is 7.96. The summed E-state index contributed by atoms with van der Waals surface area (Å²) < 4.78 is 27.8. The van der Waals surface area contributed by atoms with Crippen LogP contribution >= 0.6 is 12.0 Å². The number of rotatable bonds is 5. The van der Waals surface area contributed by atoms with Crippen molar-refractivity contribution in [2.45, 2.75) is 43.4 Å². The van der Waals surface area contributed by atoms with Gasteiger partial charge < -0.3 is 9.47 Å². The first kappa shape index (κ1) is 14.5. The molecule has 2 bridgehead atoms. The van der Waals surface area contributed by atoms with Crippen LogP contribution in [0.1, 0.15) is 26.2 Å². The highest BCUT2D eigenvalue weighted by Gasteiger charge is 2.47. The van der Waals surface area contributed by atoms with E-state index in [4.69, 9.17) is 14.7 Å². The van der Waals surface area contributed by atoms with Crippen molar-refractivity contribution in [2.24, 2.45) is 5.92 Å². The molecule has 7 nitrogen and oxygen atoms in total. The van der Waals surface area contributed by atoms with Gasteiger partial charge in [0.1, 0.15) is 12.2 Å². The number of hydrogen-bond acceptors (Lipinski definition) is 8. The Morgan fingerprint density at radius 1 is 1.58 bits per heavy atom. The molecule has 19 heavy (non-hydrogen) atoms. The van der Waals surface area contributed by atoms with E-state index in [-0.39, 0.29) is 23.9 Å². The predicted octanol–water partition coefficient (Wildman–Crippen LogP) is 1.38. The van der Waals surface area contributed by atoms with Gasteiger partial charge in [0.15, 0.2) is 0 Å². The summed E-state index contributed by atoms with van der Waals surface area (Å²) in [6.45, 7) is 0.908. The molecule has 108 valence electrons. The van der Waals surface area contributed by atoms with Gasteiger partial charge in [0, 0.05) is 6.42 Å². The van der Waals surface area contributed by atoms with E-state index in [1.807, 2.05) is 0 Å². The van der Waals surface area contributed by atoms with E-state index in [1.54, 1.807) is 0 Å². The monoisotopic (exact) mass is 296 g/mol. The van der Waals surface area contributed by atoms with Gasteiger partial charge in [0.05, 0.1) is 18.0 Å². The van der Waals surface area contributed by atoms with Crippen molar-refractivity contribution < 1.29 is 38.1 Å². The van der Waals surface area contributed by atoms with Crippen molar-refractivity contribution in [1.82, 2.24) is 0 Å². The minimum Gasteiger partial charge on any atom is -0.458 e. The van der Waals surface area contributed by atoms with E-state index >= 15 is 0 Å². The fourth-order valence-corrected chi connectivity index (χ4v) is 2.45. The van der Waals surface area contributed by atoms with E-state index in [0.717, 1.165) is 6.92 Å². The molecule has 0 radical (unpaired) electrons. The molecule has 1 aliphatic heterocycles. The second-order valence-electron chi connectivity index (χ2n) is 4.57. The average molecular weight is 296 g/mol. The van der Waals surface area contributed by atoms with Gasteiger partial charge in [-0.05, 0) is 19.8 Å². The Kier molecular flexibility index (Phi) is 4.29. The lowest BCUT2D eigenvalue weighted by atomic mass is 9.88. The normalized spacial score (nSPS) is 32.6. The van der Waals surface area contributed by atoms with Crippen LogP contribution in [0.4, 0.5) is 4.39 Å². The molecule has 1 saturated carbocycles. The van der Waals surface area contributed by atoms with E-state index in [1.165, 1.54) is 0 Å². The van der Waals surface area contributed by atoms with Crippen LogP contribution in [0, 0.1) is 5.92 Å². The molecular weight excluding hydrogens is 283 g/mol. The third-order valence-corrected chi connectivity index (χ3v) is 3.78. The Labute approximate surface area is 112 Å². The Bertz CT molecular complexity index is 375. The molecule has 9 heteroatoms. The molecule has 2 rings (SSSR count). The number of halogens is 1. The molecule has 0 aromatic heterocycles. The fourth-order valence-electron chi connectivity index (χ4n) is 2.18. The maximum atomic E-state index is 13.8. The Morgan fingerprint density at radius 3 is 3.00 bits per heavy atom. The molecule has 1 heterocycles. The molecule has 0 amide bonds. The predicted molar refractivity (Wildman–Crippen MR) is 59.0 cm³/mol. The zero-order chi connectivity index (χ0) is 14.0. The number of alkyl halides is 1. The van der Waals surface area contributed by atoms with Crippen LogP contribution in [0.25, 0.3) is 0 Å². The van der Waals surface area contributed by atoms with Gasteiger partial charge in [-0.15, -0.1) is 4.33 Å². The summed E-state index contributed by atoms with van der Waals surface area (Å²) in [4.78, 5) is 22.9. The number of esters is 2. The number of fused-ring (bicyclic) bond motifs is 2. The van der Waals surface area contributed by atoms with Crippen LogP contribution in [0.2, 0.25) is 0 Å². The summed E-state index contributed by atoms with van der Waals surface area (Å²) >= 11 is -0.0260. The summed E-state index contributed by atoms with van der Waals surface area (Å²) in [6, 6.07) is 0. The van der Waals surface area contributed by atoms with Crippen molar-refractivity contribution in [1.29, 1.82) is 0 Å². The van der Waals surface area contributed by atoms with Gasteiger partial charge in [-0.1, -0.05) is 5.04 Å². The first-order chi connectivity index (χ1) is 8.94.